The summed E-state index contributed by atoms with van der Waals surface area (Å²) < 4.78 is 1.57. The summed E-state index contributed by atoms with van der Waals surface area (Å²) in [6.45, 7) is 21.5. The number of unbranched alkanes of at least 4 members (excludes halogenated alkanes) is 53. The van der Waals surface area contributed by atoms with Crippen molar-refractivity contribution < 1.29 is 21.2 Å². The van der Waals surface area contributed by atoms with Gasteiger partial charge in [0.05, 0.1) is 5.57 Å². The molecule has 3 rings (SSSR count). The van der Waals surface area contributed by atoms with Crippen LogP contribution in [0.4, 0.5) is 0 Å². The van der Waals surface area contributed by atoms with Gasteiger partial charge in [0.2, 0.25) is 11.4 Å². The van der Waals surface area contributed by atoms with Gasteiger partial charge in [-0.25, -0.2) is 4.70 Å². The van der Waals surface area contributed by atoms with Crippen LogP contribution < -0.4 is 0 Å². The molecule has 0 unspecified atom stereocenters. The Hall–Kier alpha value is -2.25. The summed E-state index contributed by atoms with van der Waals surface area (Å²) in [5.74, 6) is 0. The first-order valence-electron chi connectivity index (χ1n) is 40.9. The van der Waals surface area contributed by atoms with Crippen LogP contribution in [0.1, 0.15) is 449 Å². The Kier molecular flexibility index (Phi) is 68.8. The summed E-state index contributed by atoms with van der Waals surface area (Å²) in [5, 5.41) is 0. The number of hydrogen-bond acceptors (Lipinski definition) is 0. The average Bonchev–Trinajstić information content (AvgIpc) is 1.66. The van der Waals surface area contributed by atoms with Crippen molar-refractivity contribution in [2.24, 2.45) is 0 Å². The number of aryl methyl sites for hydroxylation is 2. The molecule has 2 aromatic rings. The molecule has 0 spiro atoms. The van der Waals surface area contributed by atoms with Gasteiger partial charge < -0.3 is 19.4 Å². The second-order valence-electron chi connectivity index (χ2n) is 28.1. The molecule has 2 nitrogen and oxygen atoms in total. The number of benzene rings is 2. The molecule has 0 amide bonds. The molecule has 1 heterocycles. The fourth-order valence-electron chi connectivity index (χ4n) is 13.3. The maximum Gasteiger partial charge on any atom is 2.00 e. The van der Waals surface area contributed by atoms with E-state index >= 15 is 0 Å². The minimum absolute atomic E-state index is 0. The van der Waals surface area contributed by atoms with Crippen LogP contribution in [0.3, 0.4) is 0 Å². The molecule has 3 heteroatoms. The SMILES string of the molecule is CCCCCCCCCCCCCCCCCCCCC=CC1=C(c2ccc(CCCCCCCC)cc2)[N+](=[N-])C(c2ccc(CCCCCCCC)cc2)=C1CCCCCC.[CH2-]CCCCCCCCCCCCC.[CH2-]CCCCCCCCCCCCC.[Ni+2]. The summed E-state index contributed by atoms with van der Waals surface area (Å²) in [6.07, 6.45) is 89.1. The van der Waals surface area contributed by atoms with Gasteiger partial charge in [-0.15, -0.1) is 0 Å². The summed E-state index contributed by atoms with van der Waals surface area (Å²) in [4.78, 5) is 0. The monoisotopic (exact) mass is 1300 g/mol. The predicted molar refractivity (Wildman–Crippen MR) is 409 cm³/mol. The molecule has 528 valence electrons. The van der Waals surface area contributed by atoms with Crippen LogP contribution in [0.25, 0.3) is 16.9 Å². The molecule has 0 bridgehead atoms. The summed E-state index contributed by atoms with van der Waals surface area (Å²) in [7, 11) is 0. The van der Waals surface area contributed by atoms with E-state index in [1.54, 1.807) is 4.70 Å². The fourth-order valence-corrected chi connectivity index (χ4v) is 13.3. The van der Waals surface area contributed by atoms with E-state index in [1.807, 2.05) is 0 Å². The van der Waals surface area contributed by atoms with E-state index in [-0.39, 0.29) is 16.5 Å². The van der Waals surface area contributed by atoms with Gasteiger partial charge in [-0.05, 0) is 86.8 Å². The Morgan fingerprint density at radius 3 is 0.802 bits per heavy atom. The molecular weight excluding hydrogens is 1140 g/mol. The Labute approximate surface area is 582 Å². The van der Waals surface area contributed by atoms with Crippen molar-refractivity contribution in [3.05, 3.63) is 113 Å². The van der Waals surface area contributed by atoms with Crippen LogP contribution in [-0.4, -0.2) is 4.70 Å². The van der Waals surface area contributed by atoms with Crippen LogP contribution in [-0.2, 0) is 29.3 Å². The molecule has 0 saturated carbocycles. The summed E-state index contributed by atoms with van der Waals surface area (Å²) >= 11 is 0. The standard InChI is InChI=1S/C60H98N2.2C14H29.Ni/c1-5-9-13-17-20-21-22-23-24-25-26-27-28-29-30-31-32-33-36-40-44-58-57(43-39-16-12-8-4)59(55-49-45-53(46-50-55)41-37-34-18-14-10-6-2)62(61)60(58)56-51-47-54(48-52-56)42-38-35-19-15-11-7-3;2*1-3-5-7-9-11-13-14-12-10-8-6-4-2;/h40,44-52H,5-39,41-43H2,1-4H3;2*1,3-14H2,2H3;/q;2*-1;+2. The summed E-state index contributed by atoms with van der Waals surface area (Å²) in [5.41, 5.74) is 21.8. The van der Waals surface area contributed by atoms with Gasteiger partial charge in [0.15, 0.2) is 0 Å². The Morgan fingerprint density at radius 1 is 0.286 bits per heavy atom. The van der Waals surface area contributed by atoms with Crippen molar-refractivity contribution in [1.29, 1.82) is 0 Å². The van der Waals surface area contributed by atoms with E-state index < -0.39 is 0 Å². The summed E-state index contributed by atoms with van der Waals surface area (Å²) in [6, 6.07) is 18.4. The molecule has 0 aromatic heterocycles. The van der Waals surface area contributed by atoms with Crippen molar-refractivity contribution in [1.82, 2.24) is 0 Å². The molecule has 0 fully saturated rings. The van der Waals surface area contributed by atoms with Crippen LogP contribution in [0.2, 0.25) is 0 Å². The van der Waals surface area contributed by atoms with Gasteiger partial charge in [-0.3, -0.25) is 0 Å². The Morgan fingerprint density at radius 2 is 0.516 bits per heavy atom. The molecule has 2 aromatic carbocycles. The largest absolute Gasteiger partial charge is 2.00 e. The van der Waals surface area contributed by atoms with E-state index in [0.717, 1.165) is 67.5 Å². The van der Waals surface area contributed by atoms with Crippen molar-refractivity contribution in [2.75, 3.05) is 0 Å². The normalized spacial score (nSPS) is 12.3. The van der Waals surface area contributed by atoms with Gasteiger partial charge in [0, 0.05) is 16.7 Å². The van der Waals surface area contributed by atoms with Crippen molar-refractivity contribution in [3.8, 4) is 0 Å². The second-order valence-corrected chi connectivity index (χ2v) is 28.1. The van der Waals surface area contributed by atoms with E-state index in [9.17, 15) is 5.53 Å². The average molecular weight is 1300 g/mol. The van der Waals surface area contributed by atoms with Crippen LogP contribution in [0, 0.1) is 13.8 Å². The van der Waals surface area contributed by atoms with Crippen molar-refractivity contribution in [2.45, 2.75) is 440 Å². The third-order valence-corrected chi connectivity index (χ3v) is 19.4. The smallest absolute Gasteiger partial charge is 0.493 e. The van der Waals surface area contributed by atoms with Gasteiger partial charge in [0.1, 0.15) is 0 Å². The maximum atomic E-state index is 12.3. The van der Waals surface area contributed by atoms with E-state index in [1.165, 1.54) is 375 Å². The number of nitrogens with zero attached hydrogens (tertiary/aromatic N) is 2. The quantitative estimate of drug-likeness (QED) is 0.0273. The third kappa shape index (κ3) is 51.7. The van der Waals surface area contributed by atoms with Gasteiger partial charge in [0.25, 0.3) is 0 Å². The van der Waals surface area contributed by atoms with Crippen molar-refractivity contribution >= 4 is 11.4 Å². The minimum atomic E-state index is 0. The number of allylic oxidation sites excluding steroid dienone is 4. The van der Waals surface area contributed by atoms with Crippen LogP contribution in [0.15, 0.2) is 71.8 Å². The topological polar surface area (TPSA) is 25.3 Å². The molecular formula is C88H156N2Ni. The van der Waals surface area contributed by atoms with Crippen LogP contribution in [0.5, 0.6) is 0 Å². The maximum absolute atomic E-state index is 12.3. The molecule has 91 heavy (non-hydrogen) atoms. The van der Waals surface area contributed by atoms with E-state index in [4.69, 9.17) is 0 Å². The number of rotatable bonds is 63. The molecule has 1 aliphatic heterocycles. The van der Waals surface area contributed by atoms with E-state index in [2.05, 4.69) is 116 Å². The van der Waals surface area contributed by atoms with Gasteiger partial charge in [-0.1, -0.05) is 412 Å². The predicted octanol–water partition coefficient (Wildman–Crippen LogP) is 31.7. The number of hydrogen-bond donors (Lipinski definition) is 0. The van der Waals surface area contributed by atoms with E-state index in [0.29, 0.717) is 0 Å². The minimum Gasteiger partial charge on any atom is -0.493 e. The van der Waals surface area contributed by atoms with Crippen LogP contribution >= 0.6 is 0 Å². The third-order valence-electron chi connectivity index (χ3n) is 19.4. The first-order chi connectivity index (χ1) is 44.5. The zero-order valence-electron chi connectivity index (χ0n) is 62.2. The molecule has 0 N–H and O–H groups in total. The first-order valence-corrected chi connectivity index (χ1v) is 40.9. The van der Waals surface area contributed by atoms with Crippen molar-refractivity contribution in [3.63, 3.8) is 0 Å². The second kappa shape index (κ2) is 70.6. The Bertz CT molecular complexity index is 1850. The zero-order chi connectivity index (χ0) is 65.1. The molecule has 1 aliphatic rings. The van der Waals surface area contributed by atoms with Gasteiger partial charge in [-0.2, -0.15) is 12.8 Å². The molecule has 0 atom stereocenters. The Balaban J connectivity index is 0.00000229. The zero-order valence-corrected chi connectivity index (χ0v) is 63.2. The molecule has 0 saturated heterocycles. The fraction of sp³-hybridized carbons (Fsp3) is 0.773. The van der Waals surface area contributed by atoms with Gasteiger partial charge >= 0.3 is 16.5 Å². The molecule has 0 radical (unpaired) electrons. The molecule has 0 aliphatic carbocycles. The first kappa shape index (κ1) is 88.8.